The van der Waals surface area contributed by atoms with Crippen LogP contribution in [0.1, 0.15) is 39.5 Å². The van der Waals surface area contributed by atoms with Gasteiger partial charge in [-0.2, -0.15) is 13.2 Å². The minimum absolute atomic E-state index is 0.283. The number of halogens is 3. The molecule has 1 aliphatic heterocycles. The highest BCUT2D eigenvalue weighted by molar-refractivity contribution is 4.76. The molecule has 96 valence electrons. The Morgan fingerprint density at radius 1 is 1.19 bits per heavy atom. The number of rotatable bonds is 4. The minimum atomic E-state index is -3.98. The molecule has 0 N–H and O–H groups in total. The van der Waals surface area contributed by atoms with E-state index in [4.69, 9.17) is 0 Å². The normalized spacial score (nSPS) is 20.6. The maximum Gasteiger partial charge on any atom is 0.391 e. The summed E-state index contributed by atoms with van der Waals surface area (Å²) in [5.74, 6) is -0.374. The lowest BCUT2D eigenvalue weighted by molar-refractivity contribution is -0.185. The zero-order chi connectivity index (χ0) is 12.2. The second kappa shape index (κ2) is 5.89. The van der Waals surface area contributed by atoms with Gasteiger partial charge < -0.3 is 4.90 Å². The third-order valence-corrected chi connectivity index (χ3v) is 3.31. The van der Waals surface area contributed by atoms with Gasteiger partial charge in [-0.25, -0.2) is 0 Å². The second-order valence-corrected chi connectivity index (χ2v) is 5.19. The van der Waals surface area contributed by atoms with E-state index in [1.165, 1.54) is 6.42 Å². The summed E-state index contributed by atoms with van der Waals surface area (Å²) < 4.78 is 37.2. The van der Waals surface area contributed by atoms with E-state index in [-0.39, 0.29) is 12.8 Å². The van der Waals surface area contributed by atoms with Crippen LogP contribution in [0.15, 0.2) is 0 Å². The van der Waals surface area contributed by atoms with Gasteiger partial charge in [0.1, 0.15) is 0 Å². The zero-order valence-electron chi connectivity index (χ0n) is 10.2. The van der Waals surface area contributed by atoms with Crippen molar-refractivity contribution in [3.05, 3.63) is 0 Å². The number of nitrogens with zero attached hydrogens (tertiary/aromatic N) is 1. The highest BCUT2D eigenvalue weighted by Crippen LogP contribution is 2.34. The Balaban J connectivity index is 2.17. The van der Waals surface area contributed by atoms with Crippen LogP contribution in [0.4, 0.5) is 13.2 Å². The molecule has 1 fully saturated rings. The highest BCUT2D eigenvalue weighted by atomic mass is 19.4. The molecule has 0 spiro atoms. The van der Waals surface area contributed by atoms with Gasteiger partial charge in [-0.1, -0.05) is 13.8 Å². The van der Waals surface area contributed by atoms with Crippen molar-refractivity contribution in [1.82, 2.24) is 4.90 Å². The SMILES string of the molecule is CC(C)CCCN1CCC(C(F)(F)F)CC1. The van der Waals surface area contributed by atoms with Crippen LogP contribution in [0, 0.1) is 11.8 Å². The maximum absolute atomic E-state index is 12.4. The van der Waals surface area contributed by atoms with Crippen LogP contribution in [0.25, 0.3) is 0 Å². The van der Waals surface area contributed by atoms with Crippen molar-refractivity contribution >= 4 is 0 Å². The predicted molar refractivity (Wildman–Crippen MR) is 59.3 cm³/mol. The molecule has 0 aliphatic carbocycles. The third-order valence-electron chi connectivity index (χ3n) is 3.31. The molecule has 0 bridgehead atoms. The molecule has 1 heterocycles. The van der Waals surface area contributed by atoms with Crippen molar-refractivity contribution in [1.29, 1.82) is 0 Å². The zero-order valence-corrected chi connectivity index (χ0v) is 10.2. The Kier molecular flexibility index (Phi) is 5.09. The van der Waals surface area contributed by atoms with E-state index < -0.39 is 12.1 Å². The molecule has 1 aliphatic rings. The van der Waals surface area contributed by atoms with Crippen LogP contribution in [0.3, 0.4) is 0 Å². The summed E-state index contributed by atoms with van der Waals surface area (Å²) >= 11 is 0. The summed E-state index contributed by atoms with van der Waals surface area (Å²) in [4.78, 5) is 2.17. The quantitative estimate of drug-likeness (QED) is 0.720. The van der Waals surface area contributed by atoms with Gasteiger partial charge in [0.15, 0.2) is 0 Å². The average Bonchev–Trinajstić information content (AvgIpc) is 2.16. The van der Waals surface area contributed by atoms with E-state index in [2.05, 4.69) is 18.7 Å². The highest BCUT2D eigenvalue weighted by Gasteiger charge is 2.40. The Morgan fingerprint density at radius 2 is 1.75 bits per heavy atom. The standard InChI is InChI=1S/C12H22F3N/c1-10(2)4-3-7-16-8-5-11(6-9-16)12(13,14)15/h10-11H,3-9H2,1-2H3. The van der Waals surface area contributed by atoms with Crippen LogP contribution in [-0.4, -0.2) is 30.7 Å². The maximum atomic E-state index is 12.4. The molecular weight excluding hydrogens is 215 g/mol. The van der Waals surface area contributed by atoms with Crippen molar-refractivity contribution in [2.24, 2.45) is 11.8 Å². The van der Waals surface area contributed by atoms with Crippen molar-refractivity contribution < 1.29 is 13.2 Å². The van der Waals surface area contributed by atoms with Gasteiger partial charge in [-0.3, -0.25) is 0 Å². The molecule has 0 radical (unpaired) electrons. The largest absolute Gasteiger partial charge is 0.391 e. The number of hydrogen-bond donors (Lipinski definition) is 0. The van der Waals surface area contributed by atoms with Gasteiger partial charge in [-0.05, 0) is 51.2 Å². The molecule has 0 unspecified atom stereocenters. The number of hydrogen-bond acceptors (Lipinski definition) is 1. The first-order chi connectivity index (χ1) is 7.39. The van der Waals surface area contributed by atoms with Crippen molar-refractivity contribution in [3.63, 3.8) is 0 Å². The summed E-state index contributed by atoms with van der Waals surface area (Å²) in [6, 6.07) is 0. The topological polar surface area (TPSA) is 3.24 Å². The summed E-state index contributed by atoms with van der Waals surface area (Å²) in [6.45, 7) is 6.54. The molecule has 16 heavy (non-hydrogen) atoms. The lowest BCUT2D eigenvalue weighted by atomic mass is 9.96. The van der Waals surface area contributed by atoms with Crippen molar-refractivity contribution in [3.8, 4) is 0 Å². The lowest BCUT2D eigenvalue weighted by Gasteiger charge is -2.32. The summed E-state index contributed by atoms with van der Waals surface area (Å²) in [5.41, 5.74) is 0. The fraction of sp³-hybridized carbons (Fsp3) is 1.00. The minimum Gasteiger partial charge on any atom is -0.303 e. The van der Waals surface area contributed by atoms with Crippen molar-refractivity contribution in [2.75, 3.05) is 19.6 Å². The van der Waals surface area contributed by atoms with E-state index in [0.29, 0.717) is 19.0 Å². The van der Waals surface area contributed by atoms with Gasteiger partial charge in [0, 0.05) is 0 Å². The molecular formula is C12H22F3N. The monoisotopic (exact) mass is 237 g/mol. The molecule has 1 nitrogen and oxygen atoms in total. The molecule has 4 heteroatoms. The number of likely N-dealkylation sites (tertiary alicyclic amines) is 1. The Hall–Kier alpha value is -0.250. The molecule has 0 saturated carbocycles. The van der Waals surface area contributed by atoms with Crippen LogP contribution in [-0.2, 0) is 0 Å². The van der Waals surface area contributed by atoms with E-state index in [9.17, 15) is 13.2 Å². The van der Waals surface area contributed by atoms with Crippen LogP contribution < -0.4 is 0 Å². The van der Waals surface area contributed by atoms with Gasteiger partial charge >= 0.3 is 6.18 Å². The molecule has 0 amide bonds. The van der Waals surface area contributed by atoms with Gasteiger partial charge in [0.05, 0.1) is 5.92 Å². The first kappa shape index (κ1) is 13.8. The number of alkyl halides is 3. The average molecular weight is 237 g/mol. The first-order valence-electron chi connectivity index (χ1n) is 6.18. The molecule has 0 atom stereocenters. The van der Waals surface area contributed by atoms with E-state index in [1.807, 2.05) is 0 Å². The smallest absolute Gasteiger partial charge is 0.303 e. The van der Waals surface area contributed by atoms with E-state index >= 15 is 0 Å². The summed E-state index contributed by atoms with van der Waals surface area (Å²) in [7, 11) is 0. The summed E-state index contributed by atoms with van der Waals surface area (Å²) in [6.07, 6.45) is -1.14. The fourth-order valence-electron chi connectivity index (χ4n) is 2.21. The third kappa shape index (κ3) is 4.73. The van der Waals surface area contributed by atoms with Crippen LogP contribution in [0.5, 0.6) is 0 Å². The molecule has 0 aromatic heterocycles. The first-order valence-corrected chi connectivity index (χ1v) is 6.18. The molecule has 1 saturated heterocycles. The van der Waals surface area contributed by atoms with Crippen molar-refractivity contribution in [2.45, 2.75) is 45.7 Å². The van der Waals surface area contributed by atoms with Crippen LogP contribution >= 0.6 is 0 Å². The lowest BCUT2D eigenvalue weighted by Crippen LogP contribution is -2.39. The Bertz CT molecular complexity index is 193. The fourth-order valence-corrected chi connectivity index (χ4v) is 2.21. The summed E-state index contributed by atoms with van der Waals surface area (Å²) in [5, 5.41) is 0. The number of piperidine rings is 1. The van der Waals surface area contributed by atoms with Gasteiger partial charge in [-0.15, -0.1) is 0 Å². The molecule has 1 rings (SSSR count). The van der Waals surface area contributed by atoms with Crippen LogP contribution in [0.2, 0.25) is 0 Å². The second-order valence-electron chi connectivity index (χ2n) is 5.19. The van der Waals surface area contributed by atoms with Gasteiger partial charge in [0.25, 0.3) is 0 Å². The Labute approximate surface area is 96.0 Å². The predicted octanol–water partition coefficient (Wildman–Crippen LogP) is 3.70. The van der Waals surface area contributed by atoms with E-state index in [0.717, 1.165) is 13.0 Å². The van der Waals surface area contributed by atoms with Gasteiger partial charge in [0.2, 0.25) is 0 Å². The molecule has 0 aromatic rings. The Morgan fingerprint density at radius 3 is 2.19 bits per heavy atom. The van der Waals surface area contributed by atoms with E-state index in [1.54, 1.807) is 0 Å². The molecule has 0 aromatic carbocycles.